The van der Waals surface area contributed by atoms with Gasteiger partial charge in [-0.25, -0.2) is 4.39 Å². The van der Waals surface area contributed by atoms with Crippen molar-refractivity contribution < 1.29 is 9.18 Å². The minimum atomic E-state index is -0.440. The van der Waals surface area contributed by atoms with Gasteiger partial charge < -0.3 is 15.5 Å². The summed E-state index contributed by atoms with van der Waals surface area (Å²) in [5.74, 6) is -0.130. The summed E-state index contributed by atoms with van der Waals surface area (Å²) in [4.78, 5) is 14.5. The van der Waals surface area contributed by atoms with Crippen molar-refractivity contribution in [3.05, 3.63) is 72.2 Å². The van der Waals surface area contributed by atoms with Crippen LogP contribution in [0.15, 0.2) is 60.8 Å². The number of rotatable bonds is 5. The number of aromatic nitrogens is 2. The summed E-state index contributed by atoms with van der Waals surface area (Å²) in [6, 6.07) is 14.8. The number of hydrogen-bond donors (Lipinski definition) is 2. The second kappa shape index (κ2) is 8.04. The third kappa shape index (κ3) is 4.25. The van der Waals surface area contributed by atoms with Gasteiger partial charge in [-0.1, -0.05) is 6.07 Å². The van der Waals surface area contributed by atoms with Crippen LogP contribution in [-0.4, -0.2) is 29.2 Å². The third-order valence-electron chi connectivity index (χ3n) is 4.61. The molecule has 7 heteroatoms. The van der Waals surface area contributed by atoms with E-state index in [4.69, 9.17) is 0 Å². The molecule has 3 aromatic rings. The zero-order valence-corrected chi connectivity index (χ0v) is 15.2. The third-order valence-corrected chi connectivity index (χ3v) is 4.61. The van der Waals surface area contributed by atoms with Crippen LogP contribution in [0.4, 0.5) is 27.3 Å². The van der Waals surface area contributed by atoms with Crippen LogP contribution in [-0.2, 0) is 0 Å². The highest BCUT2D eigenvalue weighted by molar-refractivity contribution is 6.04. The molecule has 1 aliphatic heterocycles. The monoisotopic (exact) mass is 377 g/mol. The van der Waals surface area contributed by atoms with Crippen LogP contribution in [0.1, 0.15) is 23.2 Å². The van der Waals surface area contributed by atoms with E-state index in [1.807, 2.05) is 18.2 Å². The smallest absolute Gasteiger partial charge is 0.255 e. The molecule has 1 aliphatic rings. The summed E-state index contributed by atoms with van der Waals surface area (Å²) in [7, 11) is 0. The molecule has 1 amide bonds. The molecule has 1 fully saturated rings. The second-order valence-electron chi connectivity index (χ2n) is 6.66. The van der Waals surface area contributed by atoms with E-state index in [0.717, 1.165) is 24.5 Å². The van der Waals surface area contributed by atoms with Crippen LogP contribution in [0.2, 0.25) is 0 Å². The minimum absolute atomic E-state index is 0.274. The van der Waals surface area contributed by atoms with Gasteiger partial charge in [-0.15, -0.1) is 5.10 Å². The summed E-state index contributed by atoms with van der Waals surface area (Å²) in [6.45, 7) is 2.09. The first kappa shape index (κ1) is 17.9. The standard InChI is InChI=1S/C21H20FN5O/c22-16-5-3-4-15(12-16)21(28)25-18-8-6-17(7-9-18)24-20-13-19(14-23-26-20)27-10-1-2-11-27/h3-9,12-14H,1-2,10-11H2,(H,24,26)(H,25,28). The van der Waals surface area contributed by atoms with Gasteiger partial charge in [0, 0.05) is 36.1 Å². The van der Waals surface area contributed by atoms with Crippen LogP contribution >= 0.6 is 0 Å². The summed E-state index contributed by atoms with van der Waals surface area (Å²) >= 11 is 0. The van der Waals surface area contributed by atoms with Gasteiger partial charge in [0.25, 0.3) is 5.91 Å². The number of anilines is 4. The van der Waals surface area contributed by atoms with Crippen molar-refractivity contribution in [2.75, 3.05) is 28.6 Å². The maximum absolute atomic E-state index is 13.3. The lowest BCUT2D eigenvalue weighted by molar-refractivity contribution is 0.102. The number of nitrogens with zero attached hydrogens (tertiary/aromatic N) is 3. The first-order valence-corrected chi connectivity index (χ1v) is 9.19. The topological polar surface area (TPSA) is 70.2 Å². The van der Waals surface area contributed by atoms with Crippen molar-refractivity contribution in [2.24, 2.45) is 0 Å². The molecule has 0 radical (unpaired) electrons. The van der Waals surface area contributed by atoms with Gasteiger partial charge in [0.2, 0.25) is 0 Å². The number of carbonyl (C=O) groups excluding carboxylic acids is 1. The minimum Gasteiger partial charge on any atom is -0.370 e. The normalized spacial score (nSPS) is 13.4. The predicted molar refractivity (Wildman–Crippen MR) is 108 cm³/mol. The van der Waals surface area contributed by atoms with Gasteiger partial charge in [0.1, 0.15) is 5.82 Å². The predicted octanol–water partition coefficient (Wildman–Crippen LogP) is 4.21. The van der Waals surface area contributed by atoms with Crippen molar-refractivity contribution in [2.45, 2.75) is 12.8 Å². The zero-order valence-electron chi connectivity index (χ0n) is 15.2. The van der Waals surface area contributed by atoms with Crippen LogP contribution in [0.25, 0.3) is 0 Å². The summed E-state index contributed by atoms with van der Waals surface area (Å²) in [5, 5.41) is 14.2. The molecule has 0 atom stereocenters. The van der Waals surface area contributed by atoms with Crippen LogP contribution in [0.3, 0.4) is 0 Å². The van der Waals surface area contributed by atoms with Crippen LogP contribution in [0, 0.1) is 5.82 Å². The molecular formula is C21H20FN5O. The second-order valence-corrected chi connectivity index (χ2v) is 6.66. The number of nitrogens with one attached hydrogen (secondary N) is 2. The fraction of sp³-hybridized carbons (Fsp3) is 0.190. The van der Waals surface area contributed by atoms with Gasteiger partial charge >= 0.3 is 0 Å². The van der Waals surface area contributed by atoms with Crippen LogP contribution < -0.4 is 15.5 Å². The molecule has 0 unspecified atom stereocenters. The van der Waals surface area contributed by atoms with Crippen molar-refractivity contribution in [1.82, 2.24) is 10.2 Å². The molecule has 0 aliphatic carbocycles. The maximum Gasteiger partial charge on any atom is 0.255 e. The average molecular weight is 377 g/mol. The van der Waals surface area contributed by atoms with Crippen LogP contribution in [0.5, 0.6) is 0 Å². The first-order chi connectivity index (χ1) is 13.7. The molecule has 1 saturated heterocycles. The van der Waals surface area contributed by atoms with E-state index >= 15 is 0 Å². The summed E-state index contributed by atoms with van der Waals surface area (Å²) in [6.07, 6.45) is 4.18. The molecule has 0 bridgehead atoms. The van der Waals surface area contributed by atoms with Crippen molar-refractivity contribution in [1.29, 1.82) is 0 Å². The summed E-state index contributed by atoms with van der Waals surface area (Å²) < 4.78 is 13.3. The fourth-order valence-corrected chi connectivity index (χ4v) is 3.18. The summed E-state index contributed by atoms with van der Waals surface area (Å²) in [5.41, 5.74) is 2.79. The van der Waals surface area contributed by atoms with E-state index in [1.165, 1.54) is 31.0 Å². The Morgan fingerprint density at radius 1 is 1.00 bits per heavy atom. The van der Waals surface area contributed by atoms with Crippen molar-refractivity contribution in [3.8, 4) is 0 Å². The van der Waals surface area contributed by atoms with E-state index in [9.17, 15) is 9.18 Å². The van der Waals surface area contributed by atoms with E-state index in [0.29, 0.717) is 11.5 Å². The van der Waals surface area contributed by atoms with E-state index in [2.05, 4.69) is 25.7 Å². The lowest BCUT2D eigenvalue weighted by Gasteiger charge is -2.17. The SMILES string of the molecule is O=C(Nc1ccc(Nc2cc(N3CCCC3)cnn2)cc1)c1cccc(F)c1. The Bertz CT molecular complexity index is 971. The molecule has 4 rings (SSSR count). The highest BCUT2D eigenvalue weighted by Gasteiger charge is 2.13. The van der Waals surface area contributed by atoms with Crippen molar-refractivity contribution >= 4 is 28.8 Å². The van der Waals surface area contributed by atoms with E-state index < -0.39 is 5.82 Å². The number of halogens is 1. The molecule has 142 valence electrons. The van der Waals surface area contributed by atoms with Crippen molar-refractivity contribution in [3.63, 3.8) is 0 Å². The largest absolute Gasteiger partial charge is 0.370 e. The van der Waals surface area contributed by atoms with Gasteiger partial charge in [-0.2, -0.15) is 5.10 Å². The van der Waals surface area contributed by atoms with E-state index in [1.54, 1.807) is 24.4 Å². The Kier molecular flexibility index (Phi) is 5.14. The maximum atomic E-state index is 13.3. The van der Waals surface area contributed by atoms with Gasteiger partial charge in [0.15, 0.2) is 5.82 Å². The molecule has 1 aromatic heterocycles. The molecule has 6 nitrogen and oxygen atoms in total. The Labute approximate surface area is 162 Å². The molecule has 2 aromatic carbocycles. The Morgan fingerprint density at radius 2 is 1.75 bits per heavy atom. The zero-order chi connectivity index (χ0) is 19.3. The molecular weight excluding hydrogens is 357 g/mol. The molecule has 0 spiro atoms. The Hall–Kier alpha value is -3.48. The average Bonchev–Trinajstić information content (AvgIpc) is 3.25. The molecule has 2 N–H and O–H groups in total. The molecule has 0 saturated carbocycles. The van der Waals surface area contributed by atoms with E-state index in [-0.39, 0.29) is 11.5 Å². The van der Waals surface area contributed by atoms with Gasteiger partial charge in [-0.3, -0.25) is 4.79 Å². The quantitative estimate of drug-likeness (QED) is 0.697. The number of amides is 1. The Morgan fingerprint density at radius 3 is 2.50 bits per heavy atom. The first-order valence-electron chi connectivity index (χ1n) is 9.19. The highest BCUT2D eigenvalue weighted by Crippen LogP contribution is 2.23. The number of benzene rings is 2. The van der Waals surface area contributed by atoms with Gasteiger partial charge in [0.05, 0.1) is 11.9 Å². The molecule has 2 heterocycles. The Balaban J connectivity index is 1.41. The fourth-order valence-electron chi connectivity index (χ4n) is 3.18. The molecule has 28 heavy (non-hydrogen) atoms. The number of carbonyl (C=O) groups is 1. The van der Waals surface area contributed by atoms with Gasteiger partial charge in [-0.05, 0) is 55.3 Å². The lowest BCUT2D eigenvalue weighted by Crippen LogP contribution is -2.18. The lowest BCUT2D eigenvalue weighted by atomic mass is 10.2. The highest BCUT2D eigenvalue weighted by atomic mass is 19.1. The number of hydrogen-bond acceptors (Lipinski definition) is 5.